The summed E-state index contributed by atoms with van der Waals surface area (Å²) in [4.78, 5) is 20.0. The first-order valence-corrected chi connectivity index (χ1v) is 10.5. The lowest BCUT2D eigenvalue weighted by Gasteiger charge is -2.14. The maximum Gasteiger partial charge on any atom is 0.248 e. The Morgan fingerprint density at radius 1 is 0.967 bits per heavy atom. The number of anilines is 4. The average Bonchev–Trinajstić information content (AvgIpc) is 2.72. The SMILES string of the molecule is CNS(=O)(=O)c1cccc(Nc2cc(Nc3ccc(C(N)=O)c(C)c3C)ncn2)c1. The Morgan fingerprint density at radius 3 is 2.33 bits per heavy atom. The highest BCUT2D eigenvalue weighted by Gasteiger charge is 2.13. The molecule has 0 saturated heterocycles. The Labute approximate surface area is 174 Å². The summed E-state index contributed by atoms with van der Waals surface area (Å²) < 4.78 is 26.3. The molecule has 0 aliphatic carbocycles. The molecule has 0 unspecified atom stereocenters. The molecule has 2 aromatic carbocycles. The molecule has 30 heavy (non-hydrogen) atoms. The normalized spacial score (nSPS) is 11.2. The smallest absolute Gasteiger partial charge is 0.248 e. The van der Waals surface area contributed by atoms with E-state index in [9.17, 15) is 13.2 Å². The molecule has 0 fully saturated rings. The molecular formula is C20H22N6O3S. The van der Waals surface area contributed by atoms with E-state index in [4.69, 9.17) is 5.73 Å². The zero-order chi connectivity index (χ0) is 21.9. The van der Waals surface area contributed by atoms with Crippen LogP contribution in [0.25, 0.3) is 0 Å². The molecule has 9 nitrogen and oxygen atoms in total. The first-order valence-electron chi connectivity index (χ1n) is 9.01. The number of carbonyl (C=O) groups is 1. The summed E-state index contributed by atoms with van der Waals surface area (Å²) in [5.74, 6) is 0.536. The number of hydrogen-bond donors (Lipinski definition) is 4. The molecule has 0 saturated carbocycles. The van der Waals surface area contributed by atoms with Crippen molar-refractivity contribution >= 4 is 38.9 Å². The van der Waals surface area contributed by atoms with Crippen LogP contribution in [0.15, 0.2) is 53.7 Å². The van der Waals surface area contributed by atoms with Crippen LogP contribution in [0.5, 0.6) is 0 Å². The highest BCUT2D eigenvalue weighted by atomic mass is 32.2. The predicted octanol–water partition coefficient (Wildman–Crippen LogP) is 2.59. The fraction of sp³-hybridized carbons (Fsp3) is 0.150. The Kier molecular flexibility index (Phi) is 5.99. The predicted molar refractivity (Wildman–Crippen MR) is 116 cm³/mol. The van der Waals surface area contributed by atoms with Crippen LogP contribution in [0.4, 0.5) is 23.0 Å². The number of sulfonamides is 1. The molecule has 0 bridgehead atoms. The Hall–Kier alpha value is -3.50. The summed E-state index contributed by atoms with van der Waals surface area (Å²) in [6.07, 6.45) is 1.39. The molecule has 5 N–H and O–H groups in total. The number of nitrogens with one attached hydrogen (secondary N) is 3. The number of nitrogens with zero attached hydrogens (tertiary/aromatic N) is 2. The number of primary amides is 1. The van der Waals surface area contributed by atoms with Gasteiger partial charge in [0.2, 0.25) is 15.9 Å². The maximum atomic E-state index is 12.0. The van der Waals surface area contributed by atoms with E-state index in [0.29, 0.717) is 22.9 Å². The van der Waals surface area contributed by atoms with E-state index < -0.39 is 15.9 Å². The molecule has 3 rings (SSSR count). The van der Waals surface area contributed by atoms with Crippen molar-refractivity contribution in [3.05, 3.63) is 65.5 Å². The number of nitrogens with two attached hydrogens (primary N) is 1. The molecule has 0 radical (unpaired) electrons. The van der Waals surface area contributed by atoms with Crippen LogP contribution in [0.3, 0.4) is 0 Å². The van der Waals surface area contributed by atoms with Crippen LogP contribution >= 0.6 is 0 Å². The van der Waals surface area contributed by atoms with Crippen LogP contribution in [0.2, 0.25) is 0 Å². The van der Waals surface area contributed by atoms with Crippen LogP contribution in [-0.2, 0) is 10.0 Å². The summed E-state index contributed by atoms with van der Waals surface area (Å²) in [5.41, 5.74) is 8.89. The highest BCUT2D eigenvalue weighted by molar-refractivity contribution is 7.89. The summed E-state index contributed by atoms with van der Waals surface area (Å²) in [6, 6.07) is 11.5. The van der Waals surface area contributed by atoms with Gasteiger partial charge in [0, 0.05) is 23.0 Å². The lowest BCUT2D eigenvalue weighted by molar-refractivity contribution is 0.0999. The molecule has 10 heteroatoms. The van der Waals surface area contributed by atoms with E-state index in [1.165, 1.54) is 25.5 Å². The fourth-order valence-electron chi connectivity index (χ4n) is 2.86. The Morgan fingerprint density at radius 2 is 1.67 bits per heavy atom. The van der Waals surface area contributed by atoms with Gasteiger partial charge in [0.05, 0.1) is 4.90 Å². The number of hydrogen-bond acceptors (Lipinski definition) is 7. The van der Waals surface area contributed by atoms with Crippen molar-refractivity contribution in [2.75, 3.05) is 17.7 Å². The van der Waals surface area contributed by atoms with Gasteiger partial charge in [0.15, 0.2) is 0 Å². The van der Waals surface area contributed by atoms with Gasteiger partial charge in [-0.1, -0.05) is 6.07 Å². The minimum Gasteiger partial charge on any atom is -0.366 e. The Balaban J connectivity index is 1.84. The molecule has 3 aromatic rings. The third-order valence-electron chi connectivity index (χ3n) is 4.67. The number of carbonyl (C=O) groups excluding carboxylic acids is 1. The van der Waals surface area contributed by atoms with Gasteiger partial charge in [-0.05, 0) is 62.4 Å². The van der Waals surface area contributed by atoms with Crippen molar-refractivity contribution < 1.29 is 13.2 Å². The first kappa shape index (κ1) is 21.2. The van der Waals surface area contributed by atoms with E-state index in [1.54, 1.807) is 30.3 Å². The molecule has 1 aromatic heterocycles. The van der Waals surface area contributed by atoms with Gasteiger partial charge in [0.25, 0.3) is 0 Å². The molecule has 0 atom stereocenters. The van der Waals surface area contributed by atoms with Gasteiger partial charge in [-0.15, -0.1) is 0 Å². The van der Waals surface area contributed by atoms with E-state index in [2.05, 4.69) is 25.3 Å². The van der Waals surface area contributed by atoms with Crippen molar-refractivity contribution in [2.45, 2.75) is 18.7 Å². The van der Waals surface area contributed by atoms with Gasteiger partial charge in [-0.3, -0.25) is 4.79 Å². The molecule has 0 aliphatic rings. The highest BCUT2D eigenvalue weighted by Crippen LogP contribution is 2.26. The van der Waals surface area contributed by atoms with Crippen molar-refractivity contribution in [3.63, 3.8) is 0 Å². The molecule has 0 spiro atoms. The molecular weight excluding hydrogens is 404 g/mol. The molecule has 156 valence electrons. The topological polar surface area (TPSA) is 139 Å². The number of benzene rings is 2. The summed E-state index contributed by atoms with van der Waals surface area (Å²) in [6.45, 7) is 3.72. The summed E-state index contributed by atoms with van der Waals surface area (Å²) in [7, 11) is -2.19. The van der Waals surface area contributed by atoms with E-state index >= 15 is 0 Å². The minimum absolute atomic E-state index is 0.142. The molecule has 1 heterocycles. The fourth-order valence-corrected chi connectivity index (χ4v) is 3.64. The van der Waals surface area contributed by atoms with Gasteiger partial charge in [-0.25, -0.2) is 23.1 Å². The Bertz CT molecular complexity index is 1210. The average molecular weight is 427 g/mol. The number of amides is 1. The van der Waals surface area contributed by atoms with Crippen LogP contribution in [0.1, 0.15) is 21.5 Å². The third kappa shape index (κ3) is 4.56. The van der Waals surface area contributed by atoms with Crippen LogP contribution in [0, 0.1) is 13.8 Å². The van der Waals surface area contributed by atoms with Crippen LogP contribution in [-0.4, -0.2) is 31.3 Å². The summed E-state index contributed by atoms with van der Waals surface area (Å²) in [5, 5.41) is 6.27. The van der Waals surface area contributed by atoms with Crippen LogP contribution < -0.4 is 21.1 Å². The maximum absolute atomic E-state index is 12.0. The minimum atomic E-state index is -3.55. The van der Waals surface area contributed by atoms with E-state index in [0.717, 1.165) is 16.8 Å². The standard InChI is InChI=1S/C20H22N6O3S/c1-12-13(2)17(8-7-16(12)20(21)27)26-19-10-18(23-11-24-19)25-14-5-4-6-15(9-14)30(28,29)22-3/h4-11,22H,1-3H3,(H2,21,27)(H2,23,24,25,26). The third-order valence-corrected chi connectivity index (χ3v) is 6.08. The zero-order valence-corrected chi connectivity index (χ0v) is 17.5. The van der Waals surface area contributed by atoms with Gasteiger partial charge < -0.3 is 16.4 Å². The van der Waals surface area contributed by atoms with E-state index in [1.807, 2.05) is 13.8 Å². The van der Waals surface area contributed by atoms with Gasteiger partial charge in [0.1, 0.15) is 18.0 Å². The number of aromatic nitrogens is 2. The molecule has 1 amide bonds. The molecule has 0 aliphatic heterocycles. The second-order valence-corrected chi connectivity index (χ2v) is 8.44. The summed E-state index contributed by atoms with van der Waals surface area (Å²) >= 11 is 0. The number of rotatable bonds is 7. The largest absolute Gasteiger partial charge is 0.366 e. The van der Waals surface area contributed by atoms with Gasteiger partial charge >= 0.3 is 0 Å². The van der Waals surface area contributed by atoms with Crippen molar-refractivity contribution in [1.29, 1.82) is 0 Å². The van der Waals surface area contributed by atoms with E-state index in [-0.39, 0.29) is 4.90 Å². The van der Waals surface area contributed by atoms with Gasteiger partial charge in [-0.2, -0.15) is 0 Å². The monoisotopic (exact) mass is 426 g/mol. The van der Waals surface area contributed by atoms with Crippen molar-refractivity contribution in [3.8, 4) is 0 Å². The zero-order valence-electron chi connectivity index (χ0n) is 16.7. The second kappa shape index (κ2) is 8.47. The quantitative estimate of drug-likeness (QED) is 0.455. The first-order chi connectivity index (χ1) is 14.2. The lowest BCUT2D eigenvalue weighted by Crippen LogP contribution is -2.18. The van der Waals surface area contributed by atoms with Crippen molar-refractivity contribution in [1.82, 2.24) is 14.7 Å². The van der Waals surface area contributed by atoms with Crippen molar-refractivity contribution in [2.24, 2.45) is 5.73 Å². The second-order valence-electron chi connectivity index (χ2n) is 6.55. The lowest BCUT2D eigenvalue weighted by atomic mass is 10.0.